The van der Waals surface area contributed by atoms with Crippen LogP contribution in [0.2, 0.25) is 0 Å². The van der Waals surface area contributed by atoms with Crippen molar-refractivity contribution in [2.75, 3.05) is 17.7 Å². The van der Waals surface area contributed by atoms with E-state index in [1.165, 1.54) is 25.5 Å². The highest BCUT2D eigenvalue weighted by molar-refractivity contribution is 6.05. The Labute approximate surface area is 154 Å². The lowest BCUT2D eigenvalue weighted by Gasteiger charge is -2.08. The number of methoxy groups -OCH3 is 1. The van der Waals surface area contributed by atoms with Crippen molar-refractivity contribution < 1.29 is 23.5 Å². The molecule has 0 atom stereocenters. The molecule has 1 aromatic heterocycles. The zero-order chi connectivity index (χ0) is 19.2. The number of hydrogen-bond acceptors (Lipinski definition) is 5. The molecule has 2 N–H and O–H groups in total. The van der Waals surface area contributed by atoms with Gasteiger partial charge in [-0.1, -0.05) is 0 Å². The molecule has 3 rings (SSSR count). The van der Waals surface area contributed by atoms with Crippen LogP contribution in [-0.4, -0.2) is 24.9 Å². The molecule has 27 heavy (non-hydrogen) atoms. The Hall–Kier alpha value is -3.87. The van der Waals surface area contributed by atoms with E-state index < -0.39 is 5.97 Å². The van der Waals surface area contributed by atoms with Gasteiger partial charge in [-0.3, -0.25) is 9.59 Å². The quantitative estimate of drug-likeness (QED) is 0.675. The van der Waals surface area contributed by atoms with Gasteiger partial charge in [0.05, 0.1) is 18.9 Å². The van der Waals surface area contributed by atoms with E-state index in [0.717, 1.165) is 0 Å². The monoisotopic (exact) mass is 364 g/mol. The second-order valence-electron chi connectivity index (χ2n) is 5.53. The minimum Gasteiger partial charge on any atom is -0.465 e. The molecule has 0 saturated heterocycles. The highest BCUT2D eigenvalue weighted by atomic mass is 16.5. The van der Waals surface area contributed by atoms with E-state index in [0.29, 0.717) is 22.5 Å². The van der Waals surface area contributed by atoms with E-state index in [9.17, 15) is 14.4 Å². The van der Waals surface area contributed by atoms with Crippen LogP contribution in [0, 0.1) is 0 Å². The van der Waals surface area contributed by atoms with Crippen molar-refractivity contribution in [2.45, 2.75) is 0 Å². The molecule has 0 bridgehead atoms. The SMILES string of the molecule is COC(=O)c1ccc(C(=O)Nc2ccc(NC(=O)c3ccco3)cc2)cc1. The number of nitrogens with one attached hydrogen (secondary N) is 2. The van der Waals surface area contributed by atoms with E-state index in [4.69, 9.17) is 4.42 Å². The summed E-state index contributed by atoms with van der Waals surface area (Å²) < 4.78 is 9.64. The largest absolute Gasteiger partial charge is 0.465 e. The molecule has 7 heteroatoms. The molecule has 0 aliphatic rings. The van der Waals surface area contributed by atoms with Crippen molar-refractivity contribution in [2.24, 2.45) is 0 Å². The van der Waals surface area contributed by atoms with Gasteiger partial charge in [-0.05, 0) is 60.7 Å². The minimum absolute atomic E-state index is 0.211. The first kappa shape index (κ1) is 17.9. The van der Waals surface area contributed by atoms with Gasteiger partial charge in [-0.2, -0.15) is 0 Å². The zero-order valence-electron chi connectivity index (χ0n) is 14.4. The van der Waals surface area contributed by atoms with Gasteiger partial charge in [0, 0.05) is 16.9 Å². The molecule has 1 heterocycles. The van der Waals surface area contributed by atoms with Gasteiger partial charge in [0.15, 0.2) is 5.76 Å². The Morgan fingerprint density at radius 1 is 0.778 bits per heavy atom. The third-order valence-corrected chi connectivity index (χ3v) is 3.71. The van der Waals surface area contributed by atoms with Crippen molar-refractivity contribution in [3.8, 4) is 0 Å². The van der Waals surface area contributed by atoms with Crippen molar-refractivity contribution in [1.82, 2.24) is 0 Å². The number of hydrogen-bond donors (Lipinski definition) is 2. The van der Waals surface area contributed by atoms with E-state index in [2.05, 4.69) is 15.4 Å². The predicted octanol–water partition coefficient (Wildman–Crippen LogP) is 3.57. The van der Waals surface area contributed by atoms with Gasteiger partial charge in [0.1, 0.15) is 0 Å². The van der Waals surface area contributed by atoms with Crippen LogP contribution in [0.3, 0.4) is 0 Å². The van der Waals surface area contributed by atoms with Gasteiger partial charge in [-0.15, -0.1) is 0 Å². The maximum atomic E-state index is 12.3. The molecule has 136 valence electrons. The number of ether oxygens (including phenoxy) is 1. The molecular formula is C20H16N2O5. The van der Waals surface area contributed by atoms with E-state index in [-0.39, 0.29) is 17.6 Å². The molecule has 0 unspecified atom stereocenters. The summed E-state index contributed by atoms with van der Waals surface area (Å²) in [6.45, 7) is 0. The lowest BCUT2D eigenvalue weighted by atomic mass is 10.1. The number of esters is 1. The summed E-state index contributed by atoms with van der Waals surface area (Å²) in [5, 5.41) is 5.43. The molecule has 2 amide bonds. The predicted molar refractivity (Wildman–Crippen MR) is 98.8 cm³/mol. The number of amides is 2. The van der Waals surface area contributed by atoms with Gasteiger partial charge in [0.2, 0.25) is 0 Å². The topological polar surface area (TPSA) is 97.6 Å². The highest BCUT2D eigenvalue weighted by Crippen LogP contribution is 2.16. The number of anilines is 2. The van der Waals surface area contributed by atoms with Crippen molar-refractivity contribution >= 4 is 29.2 Å². The first-order valence-corrected chi connectivity index (χ1v) is 8.01. The maximum Gasteiger partial charge on any atom is 0.337 e. The molecule has 0 saturated carbocycles. The van der Waals surface area contributed by atoms with Crippen LogP contribution in [0.25, 0.3) is 0 Å². The third kappa shape index (κ3) is 4.40. The Morgan fingerprint density at radius 2 is 1.33 bits per heavy atom. The lowest BCUT2D eigenvalue weighted by molar-refractivity contribution is 0.0600. The van der Waals surface area contributed by atoms with Crippen LogP contribution in [0.15, 0.2) is 71.3 Å². The number of benzene rings is 2. The van der Waals surface area contributed by atoms with Gasteiger partial charge >= 0.3 is 5.97 Å². The number of carbonyl (C=O) groups is 3. The van der Waals surface area contributed by atoms with Crippen molar-refractivity contribution in [1.29, 1.82) is 0 Å². The molecule has 3 aromatic rings. The summed E-state index contributed by atoms with van der Waals surface area (Å²) in [4.78, 5) is 35.6. The molecular weight excluding hydrogens is 348 g/mol. The molecule has 0 spiro atoms. The Balaban J connectivity index is 1.61. The van der Waals surface area contributed by atoms with Gasteiger partial charge < -0.3 is 19.8 Å². The Kier molecular flexibility index (Phi) is 5.32. The molecule has 0 aliphatic carbocycles. The summed E-state index contributed by atoms with van der Waals surface area (Å²) in [5.74, 6) is -0.932. The molecule has 0 aliphatic heterocycles. The van der Waals surface area contributed by atoms with Crippen molar-refractivity contribution in [3.63, 3.8) is 0 Å². The highest BCUT2D eigenvalue weighted by Gasteiger charge is 2.11. The zero-order valence-corrected chi connectivity index (χ0v) is 14.4. The maximum absolute atomic E-state index is 12.3. The normalized spacial score (nSPS) is 10.1. The fraction of sp³-hybridized carbons (Fsp3) is 0.0500. The van der Waals surface area contributed by atoms with Gasteiger partial charge in [0.25, 0.3) is 11.8 Å². The average Bonchev–Trinajstić information content (AvgIpc) is 3.24. The van der Waals surface area contributed by atoms with Crippen LogP contribution >= 0.6 is 0 Å². The molecule has 7 nitrogen and oxygen atoms in total. The molecule has 0 radical (unpaired) electrons. The van der Waals surface area contributed by atoms with Crippen LogP contribution in [-0.2, 0) is 4.74 Å². The van der Waals surface area contributed by atoms with E-state index >= 15 is 0 Å². The van der Waals surface area contributed by atoms with Crippen LogP contribution in [0.4, 0.5) is 11.4 Å². The van der Waals surface area contributed by atoms with Crippen LogP contribution in [0.5, 0.6) is 0 Å². The summed E-state index contributed by atoms with van der Waals surface area (Å²) in [6, 6.07) is 16.0. The fourth-order valence-corrected chi connectivity index (χ4v) is 2.32. The lowest BCUT2D eigenvalue weighted by Crippen LogP contribution is -2.13. The number of furan rings is 1. The second kappa shape index (κ2) is 8.01. The van der Waals surface area contributed by atoms with E-state index in [1.807, 2.05) is 0 Å². The van der Waals surface area contributed by atoms with E-state index in [1.54, 1.807) is 48.5 Å². The number of rotatable bonds is 5. The summed E-state index contributed by atoms with van der Waals surface area (Å²) in [6.07, 6.45) is 1.42. The summed E-state index contributed by atoms with van der Waals surface area (Å²) >= 11 is 0. The summed E-state index contributed by atoms with van der Waals surface area (Å²) in [7, 11) is 1.30. The first-order chi connectivity index (χ1) is 13.1. The average molecular weight is 364 g/mol. The standard InChI is InChI=1S/C20H16N2O5/c1-26-20(25)14-6-4-13(5-7-14)18(23)21-15-8-10-16(11-9-15)22-19(24)17-3-2-12-27-17/h2-12H,1H3,(H,21,23)(H,22,24). The second-order valence-corrected chi connectivity index (χ2v) is 5.53. The Morgan fingerprint density at radius 3 is 1.85 bits per heavy atom. The van der Waals surface area contributed by atoms with Crippen molar-refractivity contribution in [3.05, 3.63) is 83.8 Å². The molecule has 0 fully saturated rings. The van der Waals surface area contributed by atoms with Crippen LogP contribution < -0.4 is 10.6 Å². The first-order valence-electron chi connectivity index (χ1n) is 8.01. The minimum atomic E-state index is -0.464. The third-order valence-electron chi connectivity index (χ3n) is 3.71. The number of carbonyl (C=O) groups excluding carboxylic acids is 3. The van der Waals surface area contributed by atoms with Gasteiger partial charge in [-0.25, -0.2) is 4.79 Å². The van der Waals surface area contributed by atoms with Crippen LogP contribution in [0.1, 0.15) is 31.3 Å². The Bertz CT molecular complexity index is 945. The fourth-order valence-electron chi connectivity index (χ4n) is 2.32. The molecule has 2 aromatic carbocycles. The summed E-state index contributed by atoms with van der Waals surface area (Å²) in [5.41, 5.74) is 1.90. The smallest absolute Gasteiger partial charge is 0.337 e.